The first-order valence-electron chi connectivity index (χ1n) is 9.50. The van der Waals surface area contributed by atoms with E-state index in [1.54, 1.807) is 6.92 Å². The van der Waals surface area contributed by atoms with Gasteiger partial charge in [-0.25, -0.2) is 0 Å². The number of Topliss-reactive ketones (excluding diaryl/α,β-unsaturated/α-hetero) is 1. The molecule has 0 radical (unpaired) electrons. The first-order valence-corrected chi connectivity index (χ1v) is 9.50. The Balaban J connectivity index is 2.13. The van der Waals surface area contributed by atoms with Crippen LogP contribution in [0.5, 0.6) is 0 Å². The summed E-state index contributed by atoms with van der Waals surface area (Å²) < 4.78 is 5.38. The van der Waals surface area contributed by atoms with Crippen molar-refractivity contribution in [1.82, 2.24) is 0 Å². The fourth-order valence-electron chi connectivity index (χ4n) is 3.76. The molecule has 0 spiro atoms. The highest BCUT2D eigenvalue weighted by molar-refractivity contribution is 6.06. The maximum atomic E-state index is 13.1. The van der Waals surface area contributed by atoms with E-state index in [2.05, 4.69) is 11.8 Å². The smallest absolute Gasteiger partial charge is 0.321 e. The minimum atomic E-state index is -1.22. The van der Waals surface area contributed by atoms with Crippen molar-refractivity contribution in [2.75, 3.05) is 6.61 Å². The molecule has 1 aliphatic carbocycles. The van der Waals surface area contributed by atoms with Gasteiger partial charge in [-0.15, -0.1) is 0 Å². The Morgan fingerprint density at radius 1 is 1.07 bits per heavy atom. The second-order valence-corrected chi connectivity index (χ2v) is 6.80. The molecule has 0 saturated heterocycles. The van der Waals surface area contributed by atoms with Crippen LogP contribution in [0.3, 0.4) is 0 Å². The molecule has 0 aromatic heterocycles. The van der Waals surface area contributed by atoms with Crippen molar-refractivity contribution in [3.05, 3.63) is 71.8 Å². The van der Waals surface area contributed by atoms with Gasteiger partial charge in [-0.1, -0.05) is 66.8 Å². The zero-order valence-electron chi connectivity index (χ0n) is 15.6. The van der Waals surface area contributed by atoms with Gasteiger partial charge in [0.1, 0.15) is 5.41 Å². The van der Waals surface area contributed by atoms with Gasteiger partial charge in [-0.2, -0.15) is 0 Å². The molecular formula is C24H24O3. The Kier molecular flexibility index (Phi) is 6.08. The monoisotopic (exact) mass is 360 g/mol. The zero-order chi connectivity index (χ0) is 19.1. The first kappa shape index (κ1) is 18.9. The maximum absolute atomic E-state index is 13.1. The predicted molar refractivity (Wildman–Crippen MR) is 105 cm³/mol. The number of ether oxygens (including phenoxy) is 1. The van der Waals surface area contributed by atoms with Crippen molar-refractivity contribution >= 4 is 11.8 Å². The summed E-state index contributed by atoms with van der Waals surface area (Å²) in [5.41, 5.74) is 0.516. The summed E-state index contributed by atoms with van der Waals surface area (Å²) in [6, 6.07) is 19.3. The van der Waals surface area contributed by atoms with Crippen LogP contribution in [0.4, 0.5) is 0 Å². The normalized spacial score (nSPS) is 20.3. The molecule has 3 nitrogen and oxygen atoms in total. The molecule has 0 heterocycles. The van der Waals surface area contributed by atoms with E-state index in [0.717, 1.165) is 24.0 Å². The van der Waals surface area contributed by atoms with Crippen LogP contribution in [0.15, 0.2) is 60.7 Å². The maximum Gasteiger partial charge on any atom is 0.321 e. The van der Waals surface area contributed by atoms with Crippen LogP contribution in [0, 0.1) is 17.3 Å². The topological polar surface area (TPSA) is 43.4 Å². The quantitative estimate of drug-likeness (QED) is 0.458. The summed E-state index contributed by atoms with van der Waals surface area (Å²) in [4.78, 5) is 26.1. The number of benzene rings is 2. The van der Waals surface area contributed by atoms with Gasteiger partial charge in [-0.3, -0.25) is 9.59 Å². The molecule has 2 aromatic rings. The molecule has 1 aliphatic rings. The van der Waals surface area contributed by atoms with Crippen molar-refractivity contribution in [2.45, 2.75) is 38.5 Å². The van der Waals surface area contributed by atoms with Gasteiger partial charge in [0.2, 0.25) is 0 Å². The number of rotatable bonds is 4. The first-order chi connectivity index (χ1) is 13.2. The Bertz CT molecular complexity index is 845. The summed E-state index contributed by atoms with van der Waals surface area (Å²) in [5.74, 6) is 5.42. The minimum Gasteiger partial charge on any atom is -0.465 e. The van der Waals surface area contributed by atoms with Gasteiger partial charge in [0, 0.05) is 12.0 Å². The fraction of sp³-hybridized carbons (Fsp3) is 0.333. The van der Waals surface area contributed by atoms with Gasteiger partial charge in [0.25, 0.3) is 0 Å². The number of ketones is 1. The van der Waals surface area contributed by atoms with Gasteiger partial charge in [0.15, 0.2) is 5.78 Å². The molecule has 1 fully saturated rings. The van der Waals surface area contributed by atoms with E-state index in [-0.39, 0.29) is 12.4 Å². The van der Waals surface area contributed by atoms with Crippen LogP contribution in [0.1, 0.15) is 49.7 Å². The zero-order valence-corrected chi connectivity index (χ0v) is 15.6. The number of carbonyl (C=O) groups is 2. The number of esters is 1. The summed E-state index contributed by atoms with van der Waals surface area (Å²) in [5, 5.41) is 0. The van der Waals surface area contributed by atoms with Crippen molar-refractivity contribution in [3.63, 3.8) is 0 Å². The Morgan fingerprint density at radius 3 is 2.37 bits per heavy atom. The molecule has 27 heavy (non-hydrogen) atoms. The number of carbonyl (C=O) groups excluding carboxylic acids is 2. The summed E-state index contributed by atoms with van der Waals surface area (Å²) in [7, 11) is 0. The van der Waals surface area contributed by atoms with Crippen LogP contribution < -0.4 is 0 Å². The molecule has 3 heteroatoms. The van der Waals surface area contributed by atoms with E-state index < -0.39 is 17.3 Å². The lowest BCUT2D eigenvalue weighted by molar-refractivity contribution is -0.163. The number of hydrogen-bond acceptors (Lipinski definition) is 3. The molecule has 2 aromatic carbocycles. The van der Waals surface area contributed by atoms with Crippen molar-refractivity contribution < 1.29 is 14.3 Å². The van der Waals surface area contributed by atoms with Crippen LogP contribution in [0.2, 0.25) is 0 Å². The molecule has 0 amide bonds. The lowest BCUT2D eigenvalue weighted by Gasteiger charge is -2.37. The molecule has 0 N–H and O–H groups in total. The second kappa shape index (κ2) is 8.68. The summed E-state index contributed by atoms with van der Waals surface area (Å²) in [6.07, 6.45) is 2.51. The summed E-state index contributed by atoms with van der Waals surface area (Å²) in [6.45, 7) is 2.02. The van der Waals surface area contributed by atoms with Gasteiger partial charge in [-0.05, 0) is 37.5 Å². The highest BCUT2D eigenvalue weighted by Gasteiger charge is 2.53. The Labute approximate surface area is 160 Å². The lowest BCUT2D eigenvalue weighted by atomic mass is 9.63. The molecular weight excluding hydrogens is 336 g/mol. The van der Waals surface area contributed by atoms with E-state index >= 15 is 0 Å². The average molecular weight is 360 g/mol. The van der Waals surface area contributed by atoms with Gasteiger partial charge in [0.05, 0.1) is 12.5 Å². The Morgan fingerprint density at radius 2 is 1.74 bits per heavy atom. The Hall–Kier alpha value is -2.86. The highest BCUT2D eigenvalue weighted by Crippen LogP contribution is 2.46. The van der Waals surface area contributed by atoms with Gasteiger partial charge >= 0.3 is 5.97 Å². The van der Waals surface area contributed by atoms with Crippen molar-refractivity contribution in [1.29, 1.82) is 0 Å². The standard InChI is InChI=1S/C24H24O3/c1-2-27-23(26)24(18-10-9-15-22(24)25)21(20-13-7-4-8-14-20)17-16-19-11-5-3-6-12-19/h3-8,11-14,21H,2,9-10,15,18H2,1H3. The minimum absolute atomic E-state index is 0.0524. The van der Waals surface area contributed by atoms with Crippen LogP contribution >= 0.6 is 0 Å². The van der Waals surface area contributed by atoms with E-state index in [0.29, 0.717) is 12.8 Å². The van der Waals surface area contributed by atoms with Crippen molar-refractivity contribution in [3.8, 4) is 11.8 Å². The third-order valence-electron chi connectivity index (χ3n) is 5.12. The fourth-order valence-corrected chi connectivity index (χ4v) is 3.76. The predicted octanol–water partition coefficient (Wildman–Crippen LogP) is 4.51. The van der Waals surface area contributed by atoms with E-state index in [9.17, 15) is 9.59 Å². The third kappa shape index (κ3) is 3.95. The molecule has 0 bridgehead atoms. The molecule has 0 aliphatic heterocycles. The highest BCUT2D eigenvalue weighted by atomic mass is 16.5. The second-order valence-electron chi connectivity index (χ2n) is 6.80. The van der Waals surface area contributed by atoms with E-state index in [1.807, 2.05) is 60.7 Å². The van der Waals surface area contributed by atoms with Crippen LogP contribution in [-0.2, 0) is 14.3 Å². The molecule has 138 valence electrons. The van der Waals surface area contributed by atoms with Crippen LogP contribution in [0.25, 0.3) is 0 Å². The third-order valence-corrected chi connectivity index (χ3v) is 5.12. The van der Waals surface area contributed by atoms with Gasteiger partial charge < -0.3 is 4.74 Å². The van der Waals surface area contributed by atoms with Crippen LogP contribution in [-0.4, -0.2) is 18.4 Å². The van der Waals surface area contributed by atoms with Crippen molar-refractivity contribution in [2.24, 2.45) is 5.41 Å². The summed E-state index contributed by atoms with van der Waals surface area (Å²) >= 11 is 0. The molecule has 1 saturated carbocycles. The molecule has 2 unspecified atom stereocenters. The number of hydrogen-bond donors (Lipinski definition) is 0. The lowest BCUT2D eigenvalue weighted by Crippen LogP contribution is -2.47. The van der Waals surface area contributed by atoms with E-state index in [1.165, 1.54) is 0 Å². The molecule has 2 atom stereocenters. The molecule has 3 rings (SSSR count). The van der Waals surface area contributed by atoms with E-state index in [4.69, 9.17) is 4.74 Å². The SMILES string of the molecule is CCOC(=O)C1(C(C#Cc2ccccc2)c2ccccc2)CCCCC1=O. The average Bonchev–Trinajstić information content (AvgIpc) is 2.71. The largest absolute Gasteiger partial charge is 0.465 e.